The molecule has 2 atom stereocenters. The minimum absolute atomic E-state index is 0.371. The summed E-state index contributed by atoms with van der Waals surface area (Å²) in [5, 5.41) is 2.35. The zero-order chi connectivity index (χ0) is 24.8. The van der Waals surface area contributed by atoms with Crippen LogP contribution in [0.3, 0.4) is 0 Å². The second kappa shape index (κ2) is 8.92. The minimum atomic E-state index is -0.400. The summed E-state index contributed by atoms with van der Waals surface area (Å²) in [5.41, 5.74) is 7.57. The summed E-state index contributed by atoms with van der Waals surface area (Å²) in [7, 11) is 0. The van der Waals surface area contributed by atoms with Crippen LogP contribution in [-0.4, -0.2) is 11.8 Å². The molecule has 4 aromatic carbocycles. The maximum atomic E-state index is 6.92. The van der Waals surface area contributed by atoms with Crippen LogP contribution >= 0.6 is 0 Å². The third kappa shape index (κ3) is 4.03. The van der Waals surface area contributed by atoms with Gasteiger partial charge in [-0.3, -0.25) is 4.99 Å². The molecular formula is C34H35NO. The summed E-state index contributed by atoms with van der Waals surface area (Å²) in [4.78, 5) is 5.02. The molecule has 2 heteroatoms. The first-order valence-electron chi connectivity index (χ1n) is 13.5. The van der Waals surface area contributed by atoms with E-state index in [9.17, 15) is 0 Å². The molecule has 0 radical (unpaired) electrons. The SMILES string of the molecule is CCCC(C)(CC)Cc1ccc2c(c1)CC1(C=Nc3cc(-c4ccccc4)c4ccccc4c3O1)C2. The normalized spacial score (nSPS) is 19.6. The zero-order valence-electron chi connectivity index (χ0n) is 21.7. The van der Waals surface area contributed by atoms with Gasteiger partial charge >= 0.3 is 0 Å². The van der Waals surface area contributed by atoms with Gasteiger partial charge in [0.1, 0.15) is 5.69 Å². The van der Waals surface area contributed by atoms with Crippen molar-refractivity contribution in [2.45, 2.75) is 64.9 Å². The summed E-state index contributed by atoms with van der Waals surface area (Å²) in [6.45, 7) is 7.06. The molecule has 182 valence electrons. The van der Waals surface area contributed by atoms with Crippen molar-refractivity contribution in [1.82, 2.24) is 0 Å². The second-order valence-corrected chi connectivity index (χ2v) is 11.2. The van der Waals surface area contributed by atoms with E-state index < -0.39 is 5.60 Å². The van der Waals surface area contributed by atoms with Crippen LogP contribution < -0.4 is 4.74 Å². The van der Waals surface area contributed by atoms with E-state index in [1.807, 2.05) is 0 Å². The summed E-state index contributed by atoms with van der Waals surface area (Å²) >= 11 is 0. The molecule has 0 saturated carbocycles. The molecule has 1 heterocycles. The number of nitrogens with zero attached hydrogens (tertiary/aromatic N) is 1. The number of fused-ring (bicyclic) bond motifs is 4. The average molecular weight is 474 g/mol. The van der Waals surface area contributed by atoms with Crippen LogP contribution in [0, 0.1) is 5.41 Å². The molecule has 1 spiro atoms. The van der Waals surface area contributed by atoms with Gasteiger partial charge in [-0.15, -0.1) is 0 Å². The number of benzene rings is 4. The Kier molecular flexibility index (Phi) is 5.71. The van der Waals surface area contributed by atoms with Gasteiger partial charge < -0.3 is 4.74 Å². The van der Waals surface area contributed by atoms with Gasteiger partial charge in [-0.05, 0) is 57.5 Å². The zero-order valence-corrected chi connectivity index (χ0v) is 21.7. The fourth-order valence-corrected chi connectivity index (χ4v) is 6.29. The summed E-state index contributed by atoms with van der Waals surface area (Å²) in [6, 6.07) is 28.5. The lowest BCUT2D eigenvalue weighted by molar-refractivity contribution is 0.157. The van der Waals surface area contributed by atoms with Crippen LogP contribution in [0.2, 0.25) is 0 Å². The molecule has 2 nitrogen and oxygen atoms in total. The van der Waals surface area contributed by atoms with Crippen LogP contribution in [0.4, 0.5) is 5.69 Å². The van der Waals surface area contributed by atoms with Crippen molar-refractivity contribution >= 4 is 22.7 Å². The standard InChI is InChI=1S/C34H35NO/c1-4-17-33(3,5-2)20-24-15-16-26-21-34(22-27(26)18-24)23-35-31-19-30(25-11-7-6-8-12-25)28-13-9-10-14-29(28)32(31)36-34/h6-16,18-19,23H,4-5,17,20-22H2,1-3H3. The highest BCUT2D eigenvalue weighted by Crippen LogP contribution is 2.47. The third-order valence-electron chi connectivity index (χ3n) is 8.39. The molecule has 6 rings (SSSR count). The van der Waals surface area contributed by atoms with Crippen LogP contribution in [0.5, 0.6) is 5.75 Å². The highest BCUT2D eigenvalue weighted by Gasteiger charge is 2.41. The lowest BCUT2D eigenvalue weighted by atomic mass is 9.77. The Hall–Kier alpha value is -3.39. The molecular weight excluding hydrogens is 438 g/mol. The fourth-order valence-electron chi connectivity index (χ4n) is 6.29. The predicted octanol–water partition coefficient (Wildman–Crippen LogP) is 8.90. The van der Waals surface area contributed by atoms with E-state index in [1.54, 1.807) is 0 Å². The van der Waals surface area contributed by atoms with Crippen LogP contribution in [0.1, 0.15) is 56.7 Å². The molecule has 0 aromatic heterocycles. The van der Waals surface area contributed by atoms with E-state index in [0.717, 1.165) is 36.1 Å². The van der Waals surface area contributed by atoms with Gasteiger partial charge in [0.25, 0.3) is 0 Å². The maximum absolute atomic E-state index is 6.92. The molecule has 0 fully saturated rings. The minimum Gasteiger partial charge on any atom is -0.478 e. The molecule has 2 unspecified atom stereocenters. The van der Waals surface area contributed by atoms with Gasteiger partial charge in [-0.1, -0.05) is 106 Å². The van der Waals surface area contributed by atoms with Crippen molar-refractivity contribution in [1.29, 1.82) is 0 Å². The maximum Gasteiger partial charge on any atom is 0.154 e. The van der Waals surface area contributed by atoms with Crippen LogP contribution in [0.15, 0.2) is 83.9 Å². The van der Waals surface area contributed by atoms with Gasteiger partial charge in [-0.2, -0.15) is 0 Å². The Morgan fingerprint density at radius 3 is 2.39 bits per heavy atom. The topological polar surface area (TPSA) is 21.6 Å². The predicted molar refractivity (Wildman–Crippen MR) is 152 cm³/mol. The van der Waals surface area contributed by atoms with E-state index in [4.69, 9.17) is 9.73 Å². The number of rotatable bonds is 6. The molecule has 4 aromatic rings. The van der Waals surface area contributed by atoms with Crippen molar-refractivity contribution in [3.05, 3.63) is 95.6 Å². The van der Waals surface area contributed by atoms with Gasteiger partial charge in [0.2, 0.25) is 0 Å². The molecule has 1 aliphatic heterocycles. The molecule has 0 amide bonds. The van der Waals surface area contributed by atoms with E-state index in [1.165, 1.54) is 52.5 Å². The summed E-state index contributed by atoms with van der Waals surface area (Å²) < 4.78 is 6.92. The molecule has 0 N–H and O–H groups in total. The highest BCUT2D eigenvalue weighted by molar-refractivity contribution is 6.04. The average Bonchev–Trinajstić information content (AvgIpc) is 3.25. The lowest BCUT2D eigenvalue weighted by Gasteiger charge is -2.31. The number of ether oxygens (including phenoxy) is 1. The monoisotopic (exact) mass is 473 g/mol. The number of hydrogen-bond acceptors (Lipinski definition) is 2. The van der Waals surface area contributed by atoms with Crippen molar-refractivity contribution < 1.29 is 4.74 Å². The Morgan fingerprint density at radius 2 is 1.61 bits per heavy atom. The van der Waals surface area contributed by atoms with Crippen LogP contribution in [-0.2, 0) is 19.3 Å². The van der Waals surface area contributed by atoms with Crippen LogP contribution in [0.25, 0.3) is 21.9 Å². The summed E-state index contributed by atoms with van der Waals surface area (Å²) in [6.07, 6.45) is 8.70. The van der Waals surface area contributed by atoms with E-state index in [-0.39, 0.29) is 0 Å². The van der Waals surface area contributed by atoms with Gasteiger partial charge in [0.05, 0.1) is 0 Å². The number of aliphatic imine (C=N–C) groups is 1. The smallest absolute Gasteiger partial charge is 0.154 e. The second-order valence-electron chi connectivity index (χ2n) is 11.2. The Balaban J connectivity index is 1.34. The number of hydrogen-bond donors (Lipinski definition) is 0. The van der Waals surface area contributed by atoms with Gasteiger partial charge in [0.15, 0.2) is 11.4 Å². The molecule has 2 aliphatic rings. The summed E-state index contributed by atoms with van der Waals surface area (Å²) in [5.74, 6) is 0.919. The van der Waals surface area contributed by atoms with E-state index in [0.29, 0.717) is 5.41 Å². The fraction of sp³-hybridized carbons (Fsp3) is 0.324. The first-order chi connectivity index (χ1) is 17.5. The third-order valence-corrected chi connectivity index (χ3v) is 8.39. The molecule has 0 bridgehead atoms. The van der Waals surface area contributed by atoms with Gasteiger partial charge in [-0.25, -0.2) is 0 Å². The van der Waals surface area contributed by atoms with Crippen molar-refractivity contribution in [2.24, 2.45) is 10.4 Å². The largest absolute Gasteiger partial charge is 0.478 e. The molecule has 1 aliphatic carbocycles. The highest BCUT2D eigenvalue weighted by atomic mass is 16.5. The van der Waals surface area contributed by atoms with Crippen molar-refractivity contribution in [3.63, 3.8) is 0 Å². The van der Waals surface area contributed by atoms with E-state index in [2.05, 4.69) is 106 Å². The first kappa shape index (κ1) is 23.0. The molecule has 0 saturated heterocycles. The Bertz CT molecular complexity index is 1450. The van der Waals surface area contributed by atoms with Crippen molar-refractivity contribution in [3.8, 4) is 16.9 Å². The van der Waals surface area contributed by atoms with Gasteiger partial charge in [0, 0.05) is 24.4 Å². The first-order valence-corrected chi connectivity index (χ1v) is 13.5. The Labute approximate surface area is 215 Å². The Morgan fingerprint density at radius 1 is 0.861 bits per heavy atom. The quantitative estimate of drug-likeness (QED) is 0.274. The van der Waals surface area contributed by atoms with Crippen molar-refractivity contribution in [2.75, 3.05) is 0 Å². The van der Waals surface area contributed by atoms with E-state index >= 15 is 0 Å². The lowest BCUT2D eigenvalue weighted by Crippen LogP contribution is -2.40. The molecule has 36 heavy (non-hydrogen) atoms.